The van der Waals surface area contributed by atoms with Crippen molar-refractivity contribution in [3.8, 4) is 0 Å². The number of nitrogens with two attached hydrogens (primary N) is 1. The molecule has 1 aliphatic rings. The molecule has 0 bridgehead atoms. The van der Waals surface area contributed by atoms with E-state index in [1.54, 1.807) is 0 Å². The molecule has 1 aromatic heterocycles. The molecule has 1 aliphatic heterocycles. The van der Waals surface area contributed by atoms with Crippen molar-refractivity contribution >= 4 is 17.8 Å². The Balaban J connectivity index is 2.20. The van der Waals surface area contributed by atoms with Crippen molar-refractivity contribution in [3.05, 3.63) is 18.0 Å². The predicted molar refractivity (Wildman–Crippen MR) is 51.6 cm³/mol. The maximum atomic E-state index is 11.5. The summed E-state index contributed by atoms with van der Waals surface area (Å²) in [5, 5.41) is 2.28. The summed E-state index contributed by atoms with van der Waals surface area (Å²) in [4.78, 5) is 30.0. The average molecular weight is 206 g/mol. The van der Waals surface area contributed by atoms with Gasteiger partial charge in [-0.25, -0.2) is 9.97 Å². The van der Waals surface area contributed by atoms with E-state index in [0.717, 1.165) is 0 Å². The first-order valence-electron chi connectivity index (χ1n) is 4.58. The van der Waals surface area contributed by atoms with Crippen molar-refractivity contribution in [2.24, 2.45) is 0 Å². The molecule has 1 atom stereocenters. The fourth-order valence-corrected chi connectivity index (χ4v) is 1.54. The molecular weight excluding hydrogens is 196 g/mol. The number of anilines is 1. The number of aromatic nitrogens is 2. The fraction of sp³-hybridized carbons (Fsp3) is 0.333. The lowest BCUT2D eigenvalue weighted by atomic mass is 9.93. The number of rotatable bonds is 1. The van der Waals surface area contributed by atoms with Gasteiger partial charge in [0.25, 0.3) is 0 Å². The van der Waals surface area contributed by atoms with Gasteiger partial charge in [-0.15, -0.1) is 0 Å². The molecule has 1 fully saturated rings. The molecule has 0 radical (unpaired) electrons. The van der Waals surface area contributed by atoms with E-state index in [-0.39, 0.29) is 23.7 Å². The molecule has 0 saturated carbocycles. The van der Waals surface area contributed by atoms with Crippen LogP contribution >= 0.6 is 0 Å². The zero-order chi connectivity index (χ0) is 10.8. The largest absolute Gasteiger partial charge is 0.368 e. The second-order valence-corrected chi connectivity index (χ2v) is 3.38. The van der Waals surface area contributed by atoms with Gasteiger partial charge in [0.2, 0.25) is 17.8 Å². The molecule has 78 valence electrons. The van der Waals surface area contributed by atoms with Crippen molar-refractivity contribution in [1.82, 2.24) is 15.3 Å². The van der Waals surface area contributed by atoms with Gasteiger partial charge in [0.15, 0.2) is 0 Å². The van der Waals surface area contributed by atoms with Crippen LogP contribution in [0, 0.1) is 0 Å². The van der Waals surface area contributed by atoms with E-state index >= 15 is 0 Å². The Morgan fingerprint density at radius 3 is 2.60 bits per heavy atom. The topological polar surface area (TPSA) is 98.0 Å². The highest BCUT2D eigenvalue weighted by Gasteiger charge is 2.28. The number of carbonyl (C=O) groups is 2. The van der Waals surface area contributed by atoms with Crippen LogP contribution in [0.3, 0.4) is 0 Å². The zero-order valence-electron chi connectivity index (χ0n) is 7.93. The number of nitrogens with one attached hydrogen (secondary N) is 1. The summed E-state index contributed by atoms with van der Waals surface area (Å²) in [6, 6.07) is 0. The number of nitrogen functional groups attached to an aromatic ring is 1. The van der Waals surface area contributed by atoms with Crippen LogP contribution < -0.4 is 11.1 Å². The molecule has 2 rings (SSSR count). The minimum absolute atomic E-state index is 0.172. The first kappa shape index (κ1) is 9.57. The lowest BCUT2D eigenvalue weighted by molar-refractivity contribution is -0.134. The van der Waals surface area contributed by atoms with Gasteiger partial charge in [-0.2, -0.15) is 0 Å². The number of carbonyl (C=O) groups excluding carboxylic acids is 2. The van der Waals surface area contributed by atoms with Gasteiger partial charge in [-0.1, -0.05) is 0 Å². The molecule has 0 aliphatic carbocycles. The number of nitrogens with zero attached hydrogens (tertiary/aromatic N) is 2. The van der Waals surface area contributed by atoms with Gasteiger partial charge in [-0.05, 0) is 6.42 Å². The Morgan fingerprint density at radius 2 is 2.00 bits per heavy atom. The maximum Gasteiger partial charge on any atom is 0.234 e. The van der Waals surface area contributed by atoms with E-state index < -0.39 is 0 Å². The SMILES string of the molecule is Nc1ncc(C2CCC(=O)NC2=O)cn1. The van der Waals surface area contributed by atoms with Crippen LogP contribution in [-0.2, 0) is 9.59 Å². The van der Waals surface area contributed by atoms with E-state index in [0.29, 0.717) is 18.4 Å². The standard InChI is InChI=1S/C9H10N4O2/c10-9-11-3-5(4-12-9)6-1-2-7(14)13-8(6)15/h3-4,6H,1-2H2,(H2,10,11,12)(H,13,14,15). The Labute approximate surface area is 85.9 Å². The molecular formula is C9H10N4O2. The highest BCUT2D eigenvalue weighted by Crippen LogP contribution is 2.23. The van der Waals surface area contributed by atoms with E-state index in [9.17, 15) is 9.59 Å². The van der Waals surface area contributed by atoms with Crippen LogP contribution in [0.25, 0.3) is 0 Å². The predicted octanol–water partition coefficient (Wildman–Crippen LogP) is -0.421. The number of hydrogen-bond donors (Lipinski definition) is 2. The van der Waals surface area contributed by atoms with E-state index in [1.807, 2.05) is 0 Å². The van der Waals surface area contributed by atoms with Gasteiger partial charge in [0.05, 0.1) is 5.92 Å². The molecule has 1 unspecified atom stereocenters. The second kappa shape index (κ2) is 3.64. The summed E-state index contributed by atoms with van der Waals surface area (Å²) in [5.74, 6) is -0.693. The summed E-state index contributed by atoms with van der Waals surface area (Å²) in [7, 11) is 0. The summed E-state index contributed by atoms with van der Waals surface area (Å²) < 4.78 is 0. The van der Waals surface area contributed by atoms with Crippen LogP contribution in [0.4, 0.5) is 5.95 Å². The van der Waals surface area contributed by atoms with Crippen molar-refractivity contribution < 1.29 is 9.59 Å². The van der Waals surface area contributed by atoms with Crippen molar-refractivity contribution in [1.29, 1.82) is 0 Å². The van der Waals surface area contributed by atoms with Crippen molar-refractivity contribution in [3.63, 3.8) is 0 Å². The van der Waals surface area contributed by atoms with Gasteiger partial charge in [0, 0.05) is 24.4 Å². The first-order chi connectivity index (χ1) is 7.16. The maximum absolute atomic E-state index is 11.5. The van der Waals surface area contributed by atoms with E-state index in [4.69, 9.17) is 5.73 Å². The molecule has 0 spiro atoms. The lowest BCUT2D eigenvalue weighted by Crippen LogP contribution is -2.39. The molecule has 1 saturated heterocycles. The third kappa shape index (κ3) is 1.93. The summed E-state index contributed by atoms with van der Waals surface area (Å²) in [5.41, 5.74) is 6.03. The Hall–Kier alpha value is -1.98. The summed E-state index contributed by atoms with van der Waals surface area (Å²) >= 11 is 0. The number of piperidine rings is 1. The zero-order valence-corrected chi connectivity index (χ0v) is 7.93. The summed E-state index contributed by atoms with van der Waals surface area (Å²) in [6.07, 6.45) is 3.88. The third-order valence-corrected chi connectivity index (χ3v) is 2.33. The van der Waals surface area contributed by atoms with Crippen LogP contribution in [0.2, 0.25) is 0 Å². The van der Waals surface area contributed by atoms with Crippen LogP contribution in [0.15, 0.2) is 12.4 Å². The Morgan fingerprint density at radius 1 is 1.33 bits per heavy atom. The van der Waals surface area contributed by atoms with Gasteiger partial charge < -0.3 is 5.73 Å². The Bertz CT molecular complexity index is 401. The van der Waals surface area contributed by atoms with Gasteiger partial charge in [0.1, 0.15) is 0 Å². The summed E-state index contributed by atoms with van der Waals surface area (Å²) in [6.45, 7) is 0. The smallest absolute Gasteiger partial charge is 0.234 e. The minimum Gasteiger partial charge on any atom is -0.368 e. The van der Waals surface area contributed by atoms with Crippen LogP contribution in [0.5, 0.6) is 0 Å². The minimum atomic E-state index is -0.344. The van der Waals surface area contributed by atoms with Crippen LogP contribution in [0.1, 0.15) is 24.3 Å². The monoisotopic (exact) mass is 206 g/mol. The van der Waals surface area contributed by atoms with Gasteiger partial charge in [-0.3, -0.25) is 14.9 Å². The Kier molecular flexibility index (Phi) is 2.32. The van der Waals surface area contributed by atoms with E-state index in [1.165, 1.54) is 12.4 Å². The second-order valence-electron chi connectivity index (χ2n) is 3.38. The fourth-order valence-electron chi connectivity index (χ4n) is 1.54. The normalized spacial score (nSPS) is 21.2. The molecule has 0 aromatic carbocycles. The molecule has 6 nitrogen and oxygen atoms in total. The molecule has 6 heteroatoms. The number of hydrogen-bond acceptors (Lipinski definition) is 5. The lowest BCUT2D eigenvalue weighted by Gasteiger charge is -2.20. The van der Waals surface area contributed by atoms with Crippen molar-refractivity contribution in [2.75, 3.05) is 5.73 Å². The van der Waals surface area contributed by atoms with Gasteiger partial charge >= 0.3 is 0 Å². The van der Waals surface area contributed by atoms with E-state index in [2.05, 4.69) is 15.3 Å². The van der Waals surface area contributed by atoms with Crippen molar-refractivity contribution in [2.45, 2.75) is 18.8 Å². The third-order valence-electron chi connectivity index (χ3n) is 2.33. The quantitative estimate of drug-likeness (QED) is 0.608. The highest BCUT2D eigenvalue weighted by molar-refractivity contribution is 6.00. The van der Waals surface area contributed by atoms with Crippen LogP contribution in [-0.4, -0.2) is 21.8 Å². The first-order valence-corrected chi connectivity index (χ1v) is 4.58. The molecule has 2 heterocycles. The molecule has 15 heavy (non-hydrogen) atoms. The molecule has 1 aromatic rings. The molecule has 2 amide bonds. The molecule has 3 N–H and O–H groups in total. The highest BCUT2D eigenvalue weighted by atomic mass is 16.2. The number of amides is 2. The number of imide groups is 1. The average Bonchev–Trinajstić information content (AvgIpc) is 2.20.